The third kappa shape index (κ3) is 2.46. The smallest absolute Gasteiger partial charge is 0.143 e. The minimum Gasteiger partial charge on any atom is -0.489 e. The maximum atomic E-state index is 5.81. The predicted octanol–water partition coefficient (Wildman–Crippen LogP) is 3.77. The van der Waals surface area contributed by atoms with E-state index in [-0.39, 0.29) is 6.10 Å². The molecule has 0 fully saturated rings. The number of para-hydroxylation sites is 1. The van der Waals surface area contributed by atoms with Gasteiger partial charge in [0.2, 0.25) is 0 Å². The summed E-state index contributed by atoms with van der Waals surface area (Å²) in [7, 11) is 0. The lowest BCUT2D eigenvalue weighted by atomic mass is 10.2. The molecule has 0 saturated carbocycles. The second-order valence-corrected chi connectivity index (χ2v) is 5.67. The van der Waals surface area contributed by atoms with Crippen LogP contribution in [0.15, 0.2) is 23.1 Å². The van der Waals surface area contributed by atoms with Crippen molar-refractivity contribution in [2.24, 2.45) is 0 Å². The summed E-state index contributed by atoms with van der Waals surface area (Å²) >= 11 is 1.96. The summed E-state index contributed by atoms with van der Waals surface area (Å²) in [4.78, 5) is 1.32. The lowest BCUT2D eigenvalue weighted by Crippen LogP contribution is -2.21. The lowest BCUT2D eigenvalue weighted by molar-refractivity contribution is 0.243. The molecule has 0 amide bonds. The maximum absolute atomic E-state index is 5.81. The van der Waals surface area contributed by atoms with E-state index in [1.54, 1.807) is 0 Å². The van der Waals surface area contributed by atoms with Crippen LogP contribution in [0, 0.1) is 0 Å². The van der Waals surface area contributed by atoms with Gasteiger partial charge in [-0.05, 0) is 32.4 Å². The predicted molar refractivity (Wildman–Crippen MR) is 70.6 cm³/mol. The molecular weight excluding hydrogens is 218 g/mol. The van der Waals surface area contributed by atoms with Gasteiger partial charge >= 0.3 is 0 Å². The van der Waals surface area contributed by atoms with Crippen LogP contribution in [-0.2, 0) is 0 Å². The van der Waals surface area contributed by atoms with Crippen LogP contribution in [0.5, 0.6) is 5.75 Å². The van der Waals surface area contributed by atoms with Crippen LogP contribution in [0.3, 0.4) is 0 Å². The van der Waals surface area contributed by atoms with E-state index in [9.17, 15) is 0 Å². The van der Waals surface area contributed by atoms with Gasteiger partial charge in [-0.25, -0.2) is 0 Å². The number of nitrogens with one attached hydrogen (secondary N) is 1. The standard InChI is InChI=1S/C13H19NOS/c1-4-10-8-14-13-11(15-9(2)3)6-5-7-12(13)16-10/h5-7,9-10,14H,4,8H2,1-3H3. The first kappa shape index (κ1) is 11.6. The Hall–Kier alpha value is -0.830. The molecule has 1 aliphatic heterocycles. The molecule has 1 heterocycles. The van der Waals surface area contributed by atoms with Crippen LogP contribution in [0.2, 0.25) is 0 Å². The third-order valence-corrected chi connectivity index (χ3v) is 4.03. The van der Waals surface area contributed by atoms with Crippen molar-refractivity contribution in [1.29, 1.82) is 0 Å². The van der Waals surface area contributed by atoms with E-state index < -0.39 is 0 Å². The van der Waals surface area contributed by atoms with Crippen molar-refractivity contribution in [1.82, 2.24) is 0 Å². The van der Waals surface area contributed by atoms with Crippen molar-refractivity contribution < 1.29 is 4.74 Å². The van der Waals surface area contributed by atoms with E-state index in [1.165, 1.54) is 17.0 Å². The van der Waals surface area contributed by atoms with Gasteiger partial charge in [0.15, 0.2) is 0 Å². The highest BCUT2D eigenvalue weighted by Crippen LogP contribution is 2.41. The highest BCUT2D eigenvalue weighted by molar-refractivity contribution is 8.00. The Morgan fingerprint density at radius 3 is 3.00 bits per heavy atom. The fourth-order valence-electron chi connectivity index (χ4n) is 1.80. The molecule has 1 aliphatic rings. The third-order valence-electron chi connectivity index (χ3n) is 2.61. The Morgan fingerprint density at radius 1 is 1.50 bits per heavy atom. The van der Waals surface area contributed by atoms with Crippen molar-refractivity contribution >= 4 is 17.4 Å². The second kappa shape index (κ2) is 5.00. The van der Waals surface area contributed by atoms with Crippen LogP contribution in [0.4, 0.5) is 5.69 Å². The van der Waals surface area contributed by atoms with Crippen molar-refractivity contribution in [2.45, 2.75) is 43.4 Å². The van der Waals surface area contributed by atoms with Gasteiger partial charge in [-0.3, -0.25) is 0 Å². The largest absolute Gasteiger partial charge is 0.489 e. The summed E-state index contributed by atoms with van der Waals surface area (Å²) in [6.07, 6.45) is 1.43. The minimum atomic E-state index is 0.224. The van der Waals surface area contributed by atoms with Crippen LogP contribution < -0.4 is 10.1 Å². The lowest BCUT2D eigenvalue weighted by Gasteiger charge is -2.27. The maximum Gasteiger partial charge on any atom is 0.143 e. The van der Waals surface area contributed by atoms with Gasteiger partial charge in [0.25, 0.3) is 0 Å². The molecule has 16 heavy (non-hydrogen) atoms. The Labute approximate surface area is 102 Å². The van der Waals surface area contributed by atoms with Crippen molar-refractivity contribution in [2.75, 3.05) is 11.9 Å². The van der Waals surface area contributed by atoms with Gasteiger partial charge in [0.1, 0.15) is 5.75 Å². The molecule has 1 aromatic carbocycles. The molecule has 1 unspecified atom stereocenters. The first-order chi connectivity index (χ1) is 7.70. The zero-order chi connectivity index (χ0) is 11.5. The first-order valence-electron chi connectivity index (χ1n) is 5.91. The summed E-state index contributed by atoms with van der Waals surface area (Å²) in [6, 6.07) is 6.28. The topological polar surface area (TPSA) is 21.3 Å². The van der Waals surface area contributed by atoms with Crippen LogP contribution in [0.25, 0.3) is 0 Å². The van der Waals surface area contributed by atoms with Gasteiger partial charge in [0.05, 0.1) is 11.8 Å². The van der Waals surface area contributed by atoms with Crippen molar-refractivity contribution in [3.63, 3.8) is 0 Å². The molecule has 1 N–H and O–H groups in total. The quantitative estimate of drug-likeness (QED) is 0.864. The summed E-state index contributed by atoms with van der Waals surface area (Å²) < 4.78 is 5.81. The molecule has 2 rings (SSSR count). The van der Waals surface area contributed by atoms with Crippen LogP contribution in [-0.4, -0.2) is 17.9 Å². The summed E-state index contributed by atoms with van der Waals surface area (Å²) in [5, 5.41) is 4.17. The molecule has 0 aromatic heterocycles. The van der Waals surface area contributed by atoms with E-state index >= 15 is 0 Å². The molecule has 0 bridgehead atoms. The number of hydrogen-bond acceptors (Lipinski definition) is 3. The number of thioether (sulfide) groups is 1. The van der Waals surface area contributed by atoms with E-state index in [0.29, 0.717) is 5.25 Å². The highest BCUT2D eigenvalue weighted by atomic mass is 32.2. The summed E-state index contributed by atoms with van der Waals surface area (Å²) in [5.74, 6) is 0.981. The second-order valence-electron chi connectivity index (χ2n) is 4.32. The van der Waals surface area contributed by atoms with Gasteiger partial charge in [-0.2, -0.15) is 0 Å². The number of rotatable bonds is 3. The van der Waals surface area contributed by atoms with Gasteiger partial charge < -0.3 is 10.1 Å². The van der Waals surface area contributed by atoms with Crippen LogP contribution >= 0.6 is 11.8 Å². The Kier molecular flexibility index (Phi) is 3.64. The Balaban J connectivity index is 2.24. The molecule has 3 heteroatoms. The van der Waals surface area contributed by atoms with E-state index in [1.807, 2.05) is 17.8 Å². The molecule has 0 spiro atoms. The van der Waals surface area contributed by atoms with Gasteiger partial charge in [0, 0.05) is 16.7 Å². The SMILES string of the molecule is CCC1CNc2c(OC(C)C)cccc2S1. The fourth-order valence-corrected chi connectivity index (χ4v) is 2.94. The van der Waals surface area contributed by atoms with Gasteiger partial charge in [-0.1, -0.05) is 13.0 Å². The zero-order valence-electron chi connectivity index (χ0n) is 10.1. The Morgan fingerprint density at radius 2 is 2.31 bits per heavy atom. The average Bonchev–Trinajstić information content (AvgIpc) is 2.28. The first-order valence-corrected chi connectivity index (χ1v) is 6.79. The van der Waals surface area contributed by atoms with Gasteiger partial charge in [-0.15, -0.1) is 11.8 Å². The molecule has 0 aliphatic carbocycles. The molecule has 2 nitrogen and oxygen atoms in total. The normalized spacial score (nSPS) is 19.1. The number of hydrogen-bond donors (Lipinski definition) is 1. The number of ether oxygens (including phenoxy) is 1. The monoisotopic (exact) mass is 237 g/mol. The number of benzene rings is 1. The summed E-state index contributed by atoms with van der Waals surface area (Å²) in [5.41, 5.74) is 1.17. The van der Waals surface area contributed by atoms with Crippen molar-refractivity contribution in [3.05, 3.63) is 18.2 Å². The van der Waals surface area contributed by atoms with E-state index in [0.717, 1.165) is 12.3 Å². The zero-order valence-corrected chi connectivity index (χ0v) is 10.9. The molecule has 0 saturated heterocycles. The van der Waals surface area contributed by atoms with Crippen LogP contribution in [0.1, 0.15) is 27.2 Å². The molecule has 1 atom stereocenters. The molecule has 1 aromatic rings. The van der Waals surface area contributed by atoms with Crippen molar-refractivity contribution in [3.8, 4) is 5.75 Å². The number of fused-ring (bicyclic) bond motifs is 1. The fraction of sp³-hybridized carbons (Fsp3) is 0.538. The minimum absolute atomic E-state index is 0.224. The highest BCUT2D eigenvalue weighted by Gasteiger charge is 2.20. The average molecular weight is 237 g/mol. The number of anilines is 1. The van der Waals surface area contributed by atoms with E-state index in [2.05, 4.69) is 38.2 Å². The molecular formula is C13H19NOS. The van der Waals surface area contributed by atoms with E-state index in [4.69, 9.17) is 4.74 Å². The summed E-state index contributed by atoms with van der Waals surface area (Å²) in [6.45, 7) is 7.39. The molecule has 0 radical (unpaired) electrons. The molecule has 88 valence electrons. The Bertz CT molecular complexity index is 365.